The molecule has 4 N–H and O–H groups in total. The zero-order valence-corrected chi connectivity index (χ0v) is 7.45. The lowest BCUT2D eigenvalue weighted by molar-refractivity contribution is 1.32. The maximum atomic E-state index is 5.45. The van der Waals surface area contributed by atoms with Gasteiger partial charge in [-0.25, -0.2) is 4.98 Å². The number of nitrogens with two attached hydrogens (primary N) is 2. The Morgan fingerprint density at radius 2 is 2.00 bits per heavy atom. The van der Waals surface area contributed by atoms with Crippen LogP contribution in [0.2, 0.25) is 0 Å². The quantitative estimate of drug-likeness (QED) is 0.701. The number of pyridine rings is 1. The molecule has 0 spiro atoms. The number of rotatable bonds is 0. The van der Waals surface area contributed by atoms with Gasteiger partial charge in [-0.1, -0.05) is 0 Å². The Balaban J connectivity index is 0.000000810. The maximum Gasteiger partial charge on any atom is 0.125 e. The molecule has 5 heteroatoms. The number of aromatic nitrogens is 1. The average Bonchev–Trinajstić information content (AvgIpc) is 1.80. The summed E-state index contributed by atoms with van der Waals surface area (Å²) in [4.78, 5) is 3.79. The van der Waals surface area contributed by atoms with Crippen molar-refractivity contribution in [2.24, 2.45) is 0 Å². The summed E-state index contributed by atoms with van der Waals surface area (Å²) in [5.41, 5.74) is 11.4. The first-order valence-electron chi connectivity index (χ1n) is 2.36. The third-order valence-electron chi connectivity index (χ3n) is 0.906. The van der Waals surface area contributed by atoms with Gasteiger partial charge in [-0.15, -0.1) is 12.4 Å². The first kappa shape index (κ1) is 9.52. The normalized spacial score (nSPS) is 8.50. The van der Waals surface area contributed by atoms with Gasteiger partial charge in [0.2, 0.25) is 0 Å². The van der Waals surface area contributed by atoms with Crippen LogP contribution in [0.1, 0.15) is 0 Å². The summed E-state index contributed by atoms with van der Waals surface area (Å²) in [7, 11) is 0. The maximum absolute atomic E-state index is 5.45. The molecule has 3 nitrogen and oxygen atoms in total. The van der Waals surface area contributed by atoms with E-state index in [-0.39, 0.29) is 12.4 Å². The molecule has 56 valence electrons. The minimum absolute atomic E-state index is 0. The Hall–Kier alpha value is -0.480. The van der Waals surface area contributed by atoms with Crippen LogP contribution in [0.4, 0.5) is 11.5 Å². The van der Waals surface area contributed by atoms with Crippen molar-refractivity contribution in [1.82, 2.24) is 4.98 Å². The Kier molecular flexibility index (Phi) is 3.46. The Morgan fingerprint density at radius 1 is 1.40 bits per heavy atom. The fraction of sp³-hybridized carbons (Fsp3) is 0. The second kappa shape index (κ2) is 3.63. The molecule has 1 aromatic rings. The topological polar surface area (TPSA) is 64.9 Å². The molecule has 0 aliphatic carbocycles. The van der Waals surface area contributed by atoms with Crippen molar-refractivity contribution in [3.63, 3.8) is 0 Å². The van der Waals surface area contributed by atoms with Crippen molar-refractivity contribution >= 4 is 39.8 Å². The second-order valence-electron chi connectivity index (χ2n) is 1.63. The van der Waals surface area contributed by atoms with E-state index in [9.17, 15) is 0 Å². The van der Waals surface area contributed by atoms with E-state index in [2.05, 4.69) is 20.9 Å². The van der Waals surface area contributed by atoms with Gasteiger partial charge in [0.1, 0.15) is 5.82 Å². The highest BCUT2D eigenvalue weighted by Crippen LogP contribution is 2.18. The van der Waals surface area contributed by atoms with Gasteiger partial charge in [0.15, 0.2) is 0 Å². The molecule has 0 saturated heterocycles. The number of hydrogen-bond acceptors (Lipinski definition) is 3. The summed E-state index contributed by atoms with van der Waals surface area (Å²) >= 11 is 3.19. The van der Waals surface area contributed by atoms with Gasteiger partial charge in [-0.05, 0) is 15.9 Å². The number of nitrogens with zero attached hydrogens (tertiary/aromatic N) is 1. The molecular weight excluding hydrogens is 217 g/mol. The SMILES string of the molecule is Cl.Nc1cc(N)c(Br)cn1. The minimum Gasteiger partial charge on any atom is -0.398 e. The number of halogens is 2. The third kappa shape index (κ3) is 2.04. The van der Waals surface area contributed by atoms with E-state index >= 15 is 0 Å². The molecule has 0 unspecified atom stereocenters. The Labute approximate surface area is 73.4 Å². The van der Waals surface area contributed by atoms with Crippen LogP contribution in [-0.4, -0.2) is 4.98 Å². The van der Waals surface area contributed by atoms with Gasteiger partial charge in [-0.3, -0.25) is 0 Å². The van der Waals surface area contributed by atoms with E-state index in [1.807, 2.05) is 0 Å². The predicted octanol–water partition coefficient (Wildman–Crippen LogP) is 1.43. The molecule has 0 radical (unpaired) electrons. The standard InChI is InChI=1S/C5H6BrN3.ClH/c6-3-2-9-5(8)1-4(3)7;/h1-2H,(H4,7,8,9);1H. The highest BCUT2D eigenvalue weighted by molar-refractivity contribution is 9.10. The molecule has 1 rings (SSSR count). The van der Waals surface area contributed by atoms with E-state index in [0.29, 0.717) is 11.5 Å². The molecule has 0 aromatic carbocycles. The lowest BCUT2D eigenvalue weighted by Gasteiger charge is -1.95. The van der Waals surface area contributed by atoms with Crippen molar-refractivity contribution in [3.8, 4) is 0 Å². The number of nitrogen functional groups attached to an aromatic ring is 2. The van der Waals surface area contributed by atoms with Gasteiger partial charge in [0, 0.05) is 12.3 Å². The molecule has 1 heterocycles. The number of hydrogen-bond donors (Lipinski definition) is 2. The van der Waals surface area contributed by atoms with Crippen molar-refractivity contribution in [3.05, 3.63) is 16.7 Å². The molecule has 0 amide bonds. The molecule has 0 aliphatic heterocycles. The van der Waals surface area contributed by atoms with Crippen LogP contribution < -0.4 is 11.5 Å². The molecular formula is C5H7BrClN3. The van der Waals surface area contributed by atoms with E-state index in [4.69, 9.17) is 11.5 Å². The summed E-state index contributed by atoms with van der Waals surface area (Å²) in [6.07, 6.45) is 1.57. The molecule has 0 saturated carbocycles. The summed E-state index contributed by atoms with van der Waals surface area (Å²) in [5, 5.41) is 0. The summed E-state index contributed by atoms with van der Waals surface area (Å²) < 4.78 is 0.775. The minimum atomic E-state index is 0. The lowest BCUT2D eigenvalue weighted by atomic mass is 10.4. The predicted molar refractivity (Wildman–Crippen MR) is 48.0 cm³/mol. The zero-order valence-electron chi connectivity index (χ0n) is 5.04. The van der Waals surface area contributed by atoms with Gasteiger partial charge in [0.25, 0.3) is 0 Å². The fourth-order valence-electron chi connectivity index (χ4n) is 0.471. The summed E-state index contributed by atoms with van der Waals surface area (Å²) in [5.74, 6) is 0.440. The van der Waals surface area contributed by atoms with Gasteiger partial charge in [-0.2, -0.15) is 0 Å². The van der Waals surface area contributed by atoms with Crippen LogP contribution in [0.3, 0.4) is 0 Å². The molecule has 0 atom stereocenters. The van der Waals surface area contributed by atoms with E-state index in [1.54, 1.807) is 12.3 Å². The van der Waals surface area contributed by atoms with E-state index in [0.717, 1.165) is 4.47 Å². The molecule has 1 aromatic heterocycles. The Morgan fingerprint density at radius 3 is 2.40 bits per heavy atom. The second-order valence-corrected chi connectivity index (χ2v) is 2.49. The molecule has 0 fully saturated rings. The molecule has 0 bridgehead atoms. The van der Waals surface area contributed by atoms with Crippen molar-refractivity contribution < 1.29 is 0 Å². The first-order valence-corrected chi connectivity index (χ1v) is 3.16. The van der Waals surface area contributed by atoms with Crippen LogP contribution in [0.5, 0.6) is 0 Å². The fourth-order valence-corrected chi connectivity index (χ4v) is 0.688. The van der Waals surface area contributed by atoms with Gasteiger partial charge in [0.05, 0.1) is 10.2 Å². The van der Waals surface area contributed by atoms with Crippen LogP contribution in [-0.2, 0) is 0 Å². The van der Waals surface area contributed by atoms with Gasteiger partial charge >= 0.3 is 0 Å². The third-order valence-corrected chi connectivity index (χ3v) is 1.57. The first-order chi connectivity index (χ1) is 4.20. The smallest absolute Gasteiger partial charge is 0.125 e. The molecule has 0 aliphatic rings. The Bertz CT molecular complexity index is 228. The van der Waals surface area contributed by atoms with Crippen LogP contribution in [0, 0.1) is 0 Å². The van der Waals surface area contributed by atoms with Crippen LogP contribution >= 0.6 is 28.3 Å². The number of anilines is 2. The summed E-state index contributed by atoms with van der Waals surface area (Å²) in [6.45, 7) is 0. The van der Waals surface area contributed by atoms with Crippen LogP contribution in [0.25, 0.3) is 0 Å². The van der Waals surface area contributed by atoms with Crippen LogP contribution in [0.15, 0.2) is 16.7 Å². The largest absolute Gasteiger partial charge is 0.398 e. The average molecular weight is 224 g/mol. The van der Waals surface area contributed by atoms with Crippen molar-refractivity contribution in [1.29, 1.82) is 0 Å². The highest BCUT2D eigenvalue weighted by Gasteiger charge is 1.93. The monoisotopic (exact) mass is 223 g/mol. The van der Waals surface area contributed by atoms with E-state index in [1.165, 1.54) is 0 Å². The van der Waals surface area contributed by atoms with E-state index < -0.39 is 0 Å². The van der Waals surface area contributed by atoms with Gasteiger partial charge < -0.3 is 11.5 Å². The van der Waals surface area contributed by atoms with Crippen molar-refractivity contribution in [2.75, 3.05) is 11.5 Å². The summed E-state index contributed by atoms with van der Waals surface area (Å²) in [6, 6.07) is 1.60. The van der Waals surface area contributed by atoms with Crippen molar-refractivity contribution in [2.45, 2.75) is 0 Å². The lowest BCUT2D eigenvalue weighted by Crippen LogP contribution is -1.93. The zero-order chi connectivity index (χ0) is 6.85. The molecule has 10 heavy (non-hydrogen) atoms. The highest BCUT2D eigenvalue weighted by atomic mass is 79.9.